The Kier molecular flexibility index (Phi) is 3.48. The zero-order valence-electron chi connectivity index (χ0n) is 12.9. The topological polar surface area (TPSA) is 46.5 Å². The standard InChI is InChI=1S/C19H24O3/c20-17(22-12-13-4-2-1-3-5-13)11-19-8-14-6-15(9-19)18(21)16(7-14)10-19/h1-5,14-16,18,21H,6-12H2. The molecule has 0 aliphatic heterocycles. The summed E-state index contributed by atoms with van der Waals surface area (Å²) in [6, 6.07) is 9.85. The summed E-state index contributed by atoms with van der Waals surface area (Å²) in [7, 11) is 0. The average Bonchev–Trinajstić information content (AvgIpc) is 2.50. The van der Waals surface area contributed by atoms with Crippen LogP contribution in [-0.2, 0) is 16.1 Å². The van der Waals surface area contributed by atoms with E-state index in [9.17, 15) is 9.90 Å². The predicted molar refractivity (Wildman–Crippen MR) is 82.8 cm³/mol. The van der Waals surface area contributed by atoms with E-state index >= 15 is 0 Å². The molecule has 4 aliphatic carbocycles. The molecule has 22 heavy (non-hydrogen) atoms. The van der Waals surface area contributed by atoms with E-state index < -0.39 is 0 Å². The molecule has 0 aromatic heterocycles. The zero-order chi connectivity index (χ0) is 15.2. The molecule has 0 saturated heterocycles. The summed E-state index contributed by atoms with van der Waals surface area (Å²) in [5.74, 6) is 1.50. The Morgan fingerprint density at radius 2 is 1.82 bits per heavy atom. The summed E-state index contributed by atoms with van der Waals surface area (Å²) < 4.78 is 5.49. The minimum Gasteiger partial charge on any atom is -0.461 e. The normalized spacial score (nSPS) is 39.0. The van der Waals surface area contributed by atoms with E-state index in [0.29, 0.717) is 24.9 Å². The van der Waals surface area contributed by atoms with Crippen molar-refractivity contribution in [1.82, 2.24) is 0 Å². The van der Waals surface area contributed by atoms with E-state index in [2.05, 4.69) is 0 Å². The largest absolute Gasteiger partial charge is 0.461 e. The molecule has 1 N–H and O–H groups in total. The lowest BCUT2D eigenvalue weighted by Gasteiger charge is -2.58. The predicted octanol–water partition coefficient (Wildman–Crippen LogP) is 3.31. The highest BCUT2D eigenvalue weighted by Crippen LogP contribution is 2.61. The van der Waals surface area contributed by atoms with Crippen LogP contribution in [0.25, 0.3) is 0 Å². The lowest BCUT2D eigenvalue weighted by molar-refractivity contribution is -0.164. The van der Waals surface area contributed by atoms with Gasteiger partial charge in [-0.05, 0) is 60.8 Å². The van der Waals surface area contributed by atoms with E-state index in [1.165, 1.54) is 12.8 Å². The number of ether oxygens (including phenoxy) is 1. The first-order valence-corrected chi connectivity index (χ1v) is 8.51. The summed E-state index contributed by atoms with van der Waals surface area (Å²) in [6.45, 7) is 0.370. The van der Waals surface area contributed by atoms with E-state index in [1.807, 2.05) is 30.3 Å². The number of hydrogen-bond donors (Lipinski definition) is 1. The van der Waals surface area contributed by atoms with Gasteiger partial charge in [-0.3, -0.25) is 4.79 Å². The molecule has 118 valence electrons. The second-order valence-electron chi connectivity index (χ2n) is 7.78. The highest BCUT2D eigenvalue weighted by molar-refractivity contribution is 5.70. The smallest absolute Gasteiger partial charge is 0.306 e. The monoisotopic (exact) mass is 300 g/mol. The van der Waals surface area contributed by atoms with Gasteiger partial charge in [0.15, 0.2) is 0 Å². The molecule has 3 heteroatoms. The summed E-state index contributed by atoms with van der Waals surface area (Å²) in [5, 5.41) is 10.3. The summed E-state index contributed by atoms with van der Waals surface area (Å²) in [6.07, 6.45) is 5.94. The van der Waals surface area contributed by atoms with E-state index in [-0.39, 0.29) is 17.5 Å². The third kappa shape index (κ3) is 2.56. The van der Waals surface area contributed by atoms with Crippen molar-refractivity contribution in [3.63, 3.8) is 0 Å². The molecular weight excluding hydrogens is 276 g/mol. The van der Waals surface area contributed by atoms with Crippen molar-refractivity contribution >= 4 is 5.97 Å². The third-order valence-corrected chi connectivity index (χ3v) is 6.11. The van der Waals surface area contributed by atoms with Crippen molar-refractivity contribution in [3.8, 4) is 0 Å². The second kappa shape index (κ2) is 5.38. The molecule has 3 nitrogen and oxygen atoms in total. The minimum atomic E-state index is -0.120. The van der Waals surface area contributed by atoms with Crippen molar-refractivity contribution in [3.05, 3.63) is 35.9 Å². The Morgan fingerprint density at radius 3 is 2.50 bits per heavy atom. The van der Waals surface area contributed by atoms with Gasteiger partial charge in [-0.2, -0.15) is 0 Å². The zero-order valence-corrected chi connectivity index (χ0v) is 12.9. The van der Waals surface area contributed by atoms with E-state index in [0.717, 1.165) is 30.7 Å². The first-order chi connectivity index (χ1) is 10.6. The van der Waals surface area contributed by atoms with Gasteiger partial charge >= 0.3 is 5.97 Å². The maximum atomic E-state index is 12.3. The number of benzene rings is 1. The number of aliphatic hydroxyl groups excluding tert-OH is 1. The van der Waals surface area contributed by atoms with Gasteiger partial charge in [-0.25, -0.2) is 0 Å². The van der Waals surface area contributed by atoms with Crippen LogP contribution in [-0.4, -0.2) is 17.2 Å². The van der Waals surface area contributed by atoms with Gasteiger partial charge < -0.3 is 9.84 Å². The van der Waals surface area contributed by atoms with Crippen molar-refractivity contribution < 1.29 is 14.6 Å². The molecule has 0 amide bonds. The number of hydrogen-bond acceptors (Lipinski definition) is 3. The molecule has 0 radical (unpaired) electrons. The quantitative estimate of drug-likeness (QED) is 0.868. The Bertz CT molecular complexity index is 537. The van der Waals surface area contributed by atoms with Gasteiger partial charge in [0.05, 0.1) is 12.5 Å². The minimum absolute atomic E-state index is 0.0692. The Balaban J connectivity index is 1.38. The van der Waals surface area contributed by atoms with E-state index in [4.69, 9.17) is 4.74 Å². The molecular formula is C19H24O3. The van der Waals surface area contributed by atoms with Crippen LogP contribution in [0, 0.1) is 23.2 Å². The Labute approximate surface area is 131 Å². The highest BCUT2D eigenvalue weighted by atomic mass is 16.5. The molecule has 4 bridgehead atoms. The van der Waals surface area contributed by atoms with Gasteiger partial charge in [-0.1, -0.05) is 30.3 Å². The van der Waals surface area contributed by atoms with Gasteiger partial charge in [0, 0.05) is 0 Å². The summed E-state index contributed by atoms with van der Waals surface area (Å²) in [4.78, 5) is 12.3. The van der Waals surface area contributed by atoms with Crippen LogP contribution in [0.3, 0.4) is 0 Å². The van der Waals surface area contributed by atoms with Crippen molar-refractivity contribution in [2.24, 2.45) is 23.2 Å². The van der Waals surface area contributed by atoms with Crippen LogP contribution in [0.2, 0.25) is 0 Å². The number of esters is 1. The molecule has 0 spiro atoms. The van der Waals surface area contributed by atoms with Crippen molar-refractivity contribution in [2.45, 2.75) is 51.2 Å². The highest BCUT2D eigenvalue weighted by Gasteiger charge is 2.55. The Hall–Kier alpha value is -1.35. The van der Waals surface area contributed by atoms with E-state index in [1.54, 1.807) is 0 Å². The Morgan fingerprint density at radius 1 is 1.14 bits per heavy atom. The maximum absolute atomic E-state index is 12.3. The fraction of sp³-hybridized carbons (Fsp3) is 0.632. The first-order valence-electron chi connectivity index (χ1n) is 8.51. The second-order valence-corrected chi connectivity index (χ2v) is 7.78. The first kappa shape index (κ1) is 14.3. The fourth-order valence-corrected chi connectivity index (χ4v) is 5.48. The molecule has 5 rings (SSSR count). The van der Waals surface area contributed by atoms with Gasteiger partial charge in [0.25, 0.3) is 0 Å². The van der Waals surface area contributed by atoms with Gasteiger partial charge in [-0.15, -0.1) is 0 Å². The average molecular weight is 300 g/mol. The van der Waals surface area contributed by atoms with Crippen LogP contribution in [0.5, 0.6) is 0 Å². The molecule has 4 saturated carbocycles. The molecule has 2 unspecified atom stereocenters. The third-order valence-electron chi connectivity index (χ3n) is 6.11. The molecule has 0 heterocycles. The molecule has 4 fully saturated rings. The van der Waals surface area contributed by atoms with Gasteiger partial charge in [0.2, 0.25) is 0 Å². The van der Waals surface area contributed by atoms with Crippen LogP contribution < -0.4 is 0 Å². The number of rotatable bonds is 4. The number of aliphatic hydroxyl groups is 1. The summed E-state index contributed by atoms with van der Waals surface area (Å²) >= 11 is 0. The SMILES string of the molecule is O=C(CC12CC3CC(C1)C(O)C(C3)C2)OCc1ccccc1. The van der Waals surface area contributed by atoms with Crippen molar-refractivity contribution in [2.75, 3.05) is 0 Å². The molecule has 1 aromatic rings. The fourth-order valence-electron chi connectivity index (χ4n) is 5.48. The van der Waals surface area contributed by atoms with Crippen LogP contribution in [0.4, 0.5) is 0 Å². The number of carbonyl (C=O) groups is 1. The number of carbonyl (C=O) groups excluding carboxylic acids is 1. The molecule has 2 atom stereocenters. The van der Waals surface area contributed by atoms with Crippen molar-refractivity contribution in [1.29, 1.82) is 0 Å². The van der Waals surface area contributed by atoms with Crippen LogP contribution >= 0.6 is 0 Å². The van der Waals surface area contributed by atoms with Crippen LogP contribution in [0.15, 0.2) is 30.3 Å². The summed E-state index contributed by atoms with van der Waals surface area (Å²) in [5.41, 5.74) is 1.15. The lowest BCUT2D eigenvalue weighted by atomic mass is 9.48. The lowest BCUT2D eigenvalue weighted by Crippen LogP contribution is -2.54. The van der Waals surface area contributed by atoms with Gasteiger partial charge in [0.1, 0.15) is 6.61 Å². The molecule has 1 aromatic carbocycles. The molecule has 4 aliphatic rings. The van der Waals surface area contributed by atoms with Crippen LogP contribution in [0.1, 0.15) is 44.1 Å². The maximum Gasteiger partial charge on any atom is 0.306 e.